The van der Waals surface area contributed by atoms with Crippen LogP contribution in [0.2, 0.25) is 0 Å². The van der Waals surface area contributed by atoms with Crippen molar-refractivity contribution in [1.29, 1.82) is 0 Å². The fraction of sp³-hybridized carbons (Fsp3) is 0.0909. The highest BCUT2D eigenvalue weighted by Crippen LogP contribution is 2.30. The number of ether oxygens (including phenoxy) is 1. The highest BCUT2D eigenvalue weighted by atomic mass is 19.1. The molecule has 0 aliphatic rings. The maximum Gasteiger partial charge on any atom is 0.341 e. The van der Waals surface area contributed by atoms with Gasteiger partial charge < -0.3 is 15.6 Å². The third-order valence-electron chi connectivity index (χ3n) is 2.26. The van der Waals surface area contributed by atoms with Crippen LogP contribution in [0.15, 0.2) is 18.2 Å². The number of nitrogens with zero attached hydrogens (tertiary/aromatic N) is 1. The fourth-order valence-electron chi connectivity index (χ4n) is 1.44. The van der Waals surface area contributed by atoms with Gasteiger partial charge in [0.2, 0.25) is 5.88 Å². The number of hydrogen-bond acceptors (Lipinski definition) is 4. The number of benzene rings is 1. The molecule has 0 spiro atoms. The van der Waals surface area contributed by atoms with Crippen LogP contribution in [0, 0.1) is 12.7 Å². The van der Waals surface area contributed by atoms with Crippen LogP contribution in [0.4, 0.5) is 10.1 Å². The number of hydrogen-bond donors (Lipinski definition) is 3. The molecule has 0 amide bonds. The maximum absolute atomic E-state index is 13.2. The molecule has 0 bridgehead atoms. The van der Waals surface area contributed by atoms with Gasteiger partial charge in [0.1, 0.15) is 17.1 Å². The predicted octanol–water partition coefficient (Wildman–Crippen LogP) is 1.93. The Hall–Kier alpha value is -2.57. The first-order valence-corrected chi connectivity index (χ1v) is 5.00. The van der Waals surface area contributed by atoms with E-state index < -0.39 is 23.0 Å². The summed E-state index contributed by atoms with van der Waals surface area (Å²) >= 11 is 0. The number of aromatic amines is 1. The van der Waals surface area contributed by atoms with E-state index >= 15 is 0 Å². The number of nitrogens with one attached hydrogen (secondary N) is 1. The summed E-state index contributed by atoms with van der Waals surface area (Å²) in [4.78, 5) is 11.0. The summed E-state index contributed by atoms with van der Waals surface area (Å²) < 4.78 is 18.5. The van der Waals surface area contributed by atoms with Gasteiger partial charge in [-0.25, -0.2) is 9.18 Å². The second-order valence-corrected chi connectivity index (χ2v) is 3.63. The van der Waals surface area contributed by atoms with Gasteiger partial charge in [-0.15, -0.1) is 5.10 Å². The van der Waals surface area contributed by atoms with Crippen molar-refractivity contribution in [2.75, 3.05) is 5.73 Å². The molecule has 1 aromatic heterocycles. The lowest BCUT2D eigenvalue weighted by Gasteiger charge is -2.08. The van der Waals surface area contributed by atoms with Gasteiger partial charge in [-0.05, 0) is 19.1 Å². The number of aromatic nitrogens is 2. The largest absolute Gasteiger partial charge is 0.477 e. The van der Waals surface area contributed by atoms with Crippen LogP contribution in [-0.2, 0) is 0 Å². The molecule has 0 atom stereocenters. The number of aryl methyl sites for hydroxylation is 1. The van der Waals surface area contributed by atoms with Crippen molar-refractivity contribution in [1.82, 2.24) is 10.2 Å². The lowest BCUT2D eigenvalue weighted by atomic mass is 10.1. The average molecular weight is 251 g/mol. The standard InChI is InChI=1S/C11H10FN3O3/c1-5-4-8(15-14-5)18-7-3-2-6(12)10(13)9(7)11(16)17/h2-4H,13H2,1H3,(H,14,15)(H,16,17). The third-order valence-corrected chi connectivity index (χ3v) is 2.26. The van der Waals surface area contributed by atoms with Crippen molar-refractivity contribution in [3.8, 4) is 11.6 Å². The van der Waals surface area contributed by atoms with E-state index in [0.717, 1.165) is 11.8 Å². The van der Waals surface area contributed by atoms with Crippen LogP contribution in [-0.4, -0.2) is 21.3 Å². The second-order valence-electron chi connectivity index (χ2n) is 3.63. The van der Waals surface area contributed by atoms with Gasteiger partial charge in [0.05, 0.1) is 5.69 Å². The molecule has 6 nitrogen and oxygen atoms in total. The summed E-state index contributed by atoms with van der Waals surface area (Å²) in [6.07, 6.45) is 0. The number of carbonyl (C=O) groups is 1. The molecule has 0 fully saturated rings. The second kappa shape index (κ2) is 4.36. The van der Waals surface area contributed by atoms with Crippen molar-refractivity contribution in [2.24, 2.45) is 0 Å². The number of halogens is 1. The molecule has 4 N–H and O–H groups in total. The normalized spacial score (nSPS) is 10.3. The first-order valence-electron chi connectivity index (χ1n) is 5.00. The first kappa shape index (κ1) is 11.9. The number of aromatic carboxylic acids is 1. The topological polar surface area (TPSA) is 101 Å². The van der Waals surface area contributed by atoms with E-state index in [1.54, 1.807) is 13.0 Å². The number of carboxylic acid groups (broad SMARTS) is 1. The van der Waals surface area contributed by atoms with Gasteiger partial charge in [-0.1, -0.05) is 0 Å². The van der Waals surface area contributed by atoms with Crippen LogP contribution in [0.1, 0.15) is 16.1 Å². The monoisotopic (exact) mass is 251 g/mol. The van der Waals surface area contributed by atoms with E-state index in [9.17, 15) is 9.18 Å². The van der Waals surface area contributed by atoms with E-state index in [-0.39, 0.29) is 11.6 Å². The number of anilines is 1. The van der Waals surface area contributed by atoms with Gasteiger partial charge in [-0.3, -0.25) is 5.10 Å². The van der Waals surface area contributed by atoms with Gasteiger partial charge in [0, 0.05) is 11.8 Å². The SMILES string of the molecule is Cc1cc(Oc2ccc(F)c(N)c2C(=O)O)n[nH]1. The Morgan fingerprint density at radius 3 is 2.83 bits per heavy atom. The van der Waals surface area contributed by atoms with Crippen molar-refractivity contribution >= 4 is 11.7 Å². The molecule has 18 heavy (non-hydrogen) atoms. The maximum atomic E-state index is 13.2. The zero-order chi connectivity index (χ0) is 13.3. The Morgan fingerprint density at radius 1 is 1.56 bits per heavy atom. The summed E-state index contributed by atoms with van der Waals surface area (Å²) in [7, 11) is 0. The molecule has 0 saturated carbocycles. The molecule has 94 valence electrons. The highest BCUT2D eigenvalue weighted by Gasteiger charge is 2.19. The number of nitrogen functional groups attached to an aromatic ring is 1. The van der Waals surface area contributed by atoms with E-state index in [1.165, 1.54) is 6.07 Å². The molecule has 1 heterocycles. The van der Waals surface area contributed by atoms with Crippen molar-refractivity contribution in [3.63, 3.8) is 0 Å². The predicted molar refractivity (Wildman–Crippen MR) is 61.2 cm³/mol. The van der Waals surface area contributed by atoms with Crippen LogP contribution < -0.4 is 10.5 Å². The van der Waals surface area contributed by atoms with E-state index in [0.29, 0.717) is 0 Å². The molecule has 1 aromatic carbocycles. The minimum absolute atomic E-state index is 0.0621. The molecule has 0 unspecified atom stereocenters. The Bertz CT molecular complexity index is 610. The van der Waals surface area contributed by atoms with Gasteiger partial charge in [0.25, 0.3) is 0 Å². The summed E-state index contributed by atoms with van der Waals surface area (Å²) in [5.74, 6) is -2.05. The Morgan fingerprint density at radius 2 is 2.28 bits per heavy atom. The summed E-state index contributed by atoms with van der Waals surface area (Å²) in [5.41, 5.74) is 5.24. The molecule has 2 rings (SSSR count). The van der Waals surface area contributed by atoms with Crippen LogP contribution in [0.5, 0.6) is 11.6 Å². The van der Waals surface area contributed by atoms with E-state index in [4.69, 9.17) is 15.6 Å². The smallest absolute Gasteiger partial charge is 0.341 e. The Balaban J connectivity index is 2.44. The van der Waals surface area contributed by atoms with Crippen molar-refractivity contribution in [3.05, 3.63) is 35.3 Å². The summed E-state index contributed by atoms with van der Waals surface area (Å²) in [6.45, 7) is 1.76. The van der Waals surface area contributed by atoms with Crippen LogP contribution in [0.25, 0.3) is 0 Å². The van der Waals surface area contributed by atoms with E-state index in [2.05, 4.69) is 10.2 Å². The Kier molecular flexibility index (Phi) is 2.88. The lowest BCUT2D eigenvalue weighted by Crippen LogP contribution is -2.07. The molecule has 0 saturated heterocycles. The first-order chi connectivity index (χ1) is 8.49. The van der Waals surface area contributed by atoms with Crippen LogP contribution in [0.3, 0.4) is 0 Å². The minimum Gasteiger partial charge on any atom is -0.477 e. The molecule has 0 aliphatic carbocycles. The highest BCUT2D eigenvalue weighted by molar-refractivity contribution is 5.97. The van der Waals surface area contributed by atoms with Crippen molar-refractivity contribution < 1.29 is 19.0 Å². The average Bonchev–Trinajstić information content (AvgIpc) is 2.69. The molecule has 0 aliphatic heterocycles. The quantitative estimate of drug-likeness (QED) is 0.723. The zero-order valence-corrected chi connectivity index (χ0v) is 9.40. The third kappa shape index (κ3) is 2.10. The zero-order valence-electron chi connectivity index (χ0n) is 9.40. The molecular formula is C11H10FN3O3. The van der Waals surface area contributed by atoms with Gasteiger partial charge in [0.15, 0.2) is 0 Å². The van der Waals surface area contributed by atoms with Gasteiger partial charge in [-0.2, -0.15) is 0 Å². The molecule has 7 heteroatoms. The Labute approximate surface area is 101 Å². The molecular weight excluding hydrogens is 241 g/mol. The number of nitrogens with two attached hydrogens (primary N) is 1. The summed E-state index contributed by atoms with van der Waals surface area (Å²) in [6, 6.07) is 3.81. The minimum atomic E-state index is -1.37. The van der Waals surface area contributed by atoms with E-state index in [1.807, 2.05) is 0 Å². The number of H-pyrrole nitrogens is 1. The van der Waals surface area contributed by atoms with Crippen LogP contribution >= 0.6 is 0 Å². The van der Waals surface area contributed by atoms with Gasteiger partial charge >= 0.3 is 5.97 Å². The molecule has 2 aromatic rings. The lowest BCUT2D eigenvalue weighted by molar-refractivity contribution is 0.0695. The number of rotatable bonds is 3. The molecule has 0 radical (unpaired) electrons. The summed E-state index contributed by atoms with van der Waals surface area (Å²) in [5, 5.41) is 15.4. The fourth-order valence-corrected chi connectivity index (χ4v) is 1.44. The van der Waals surface area contributed by atoms with Crippen molar-refractivity contribution in [2.45, 2.75) is 6.92 Å². The number of carboxylic acids is 1.